The van der Waals surface area contributed by atoms with Crippen molar-refractivity contribution in [1.29, 1.82) is 0 Å². The van der Waals surface area contributed by atoms with Crippen LogP contribution in [0.2, 0.25) is 0 Å². The molecule has 2 N–H and O–H groups in total. The quantitative estimate of drug-likeness (QED) is 0.757. The minimum atomic E-state index is -0.00966. The lowest BCUT2D eigenvalue weighted by atomic mass is 10.1. The van der Waals surface area contributed by atoms with Gasteiger partial charge in [-0.1, -0.05) is 19.1 Å². The summed E-state index contributed by atoms with van der Waals surface area (Å²) < 4.78 is 0. The normalized spacial score (nSPS) is 9.57. The lowest BCUT2D eigenvalue weighted by Gasteiger charge is -2.05. The number of hydrogen-bond donors (Lipinski definition) is 2. The maximum absolute atomic E-state index is 10.9. The Morgan fingerprint density at radius 1 is 1.29 bits per heavy atom. The second-order valence-electron chi connectivity index (χ2n) is 3.08. The molecule has 0 saturated carbocycles. The van der Waals surface area contributed by atoms with Crippen LogP contribution in [0.4, 0.5) is 5.69 Å². The van der Waals surface area contributed by atoms with Gasteiger partial charge < -0.3 is 10.6 Å². The highest BCUT2D eigenvalue weighted by Crippen LogP contribution is 2.09. The summed E-state index contributed by atoms with van der Waals surface area (Å²) in [5.41, 5.74) is 2.28. The Bertz CT molecular complexity index is 293. The van der Waals surface area contributed by atoms with Gasteiger partial charge in [0.2, 0.25) is 5.91 Å². The highest BCUT2D eigenvalue weighted by Gasteiger charge is 1.97. The van der Waals surface area contributed by atoms with Crippen LogP contribution >= 0.6 is 0 Å². The molecule has 0 aromatic heterocycles. The third-order valence-electron chi connectivity index (χ3n) is 2.09. The van der Waals surface area contributed by atoms with Gasteiger partial charge in [0.05, 0.1) is 6.54 Å². The number of likely N-dealkylation sites (N-methyl/N-ethyl adjacent to an activating group) is 1. The molecule has 1 rings (SSSR count). The Labute approximate surface area is 84.5 Å². The first-order chi connectivity index (χ1) is 6.76. The van der Waals surface area contributed by atoms with Gasteiger partial charge in [0.25, 0.3) is 0 Å². The maximum atomic E-state index is 10.9. The number of rotatable bonds is 4. The molecule has 1 aromatic rings. The number of anilines is 1. The maximum Gasteiger partial charge on any atom is 0.239 e. The van der Waals surface area contributed by atoms with Crippen molar-refractivity contribution in [2.45, 2.75) is 13.3 Å². The van der Waals surface area contributed by atoms with Crippen LogP contribution in [0.3, 0.4) is 0 Å². The number of benzene rings is 1. The number of nitrogens with one attached hydrogen (secondary N) is 2. The van der Waals surface area contributed by atoms with Crippen molar-refractivity contribution in [3.05, 3.63) is 29.8 Å². The van der Waals surface area contributed by atoms with Gasteiger partial charge >= 0.3 is 0 Å². The van der Waals surface area contributed by atoms with Gasteiger partial charge in [-0.3, -0.25) is 4.79 Å². The molecular weight excluding hydrogens is 176 g/mol. The number of amides is 1. The first-order valence-corrected chi connectivity index (χ1v) is 4.79. The summed E-state index contributed by atoms with van der Waals surface area (Å²) in [6.45, 7) is 2.44. The van der Waals surface area contributed by atoms with Gasteiger partial charge in [-0.25, -0.2) is 0 Å². The van der Waals surface area contributed by atoms with E-state index >= 15 is 0 Å². The molecule has 0 fully saturated rings. The van der Waals surface area contributed by atoms with Crippen LogP contribution in [0.1, 0.15) is 12.5 Å². The van der Waals surface area contributed by atoms with Crippen molar-refractivity contribution < 1.29 is 4.79 Å². The number of carbonyl (C=O) groups excluding carboxylic acids is 1. The summed E-state index contributed by atoms with van der Waals surface area (Å²) in [5.74, 6) is -0.00966. The van der Waals surface area contributed by atoms with Crippen LogP contribution in [-0.2, 0) is 11.2 Å². The van der Waals surface area contributed by atoms with Crippen LogP contribution in [0.15, 0.2) is 24.3 Å². The molecule has 3 nitrogen and oxygen atoms in total. The molecular formula is C11H16N2O. The molecule has 14 heavy (non-hydrogen) atoms. The summed E-state index contributed by atoms with van der Waals surface area (Å²) >= 11 is 0. The van der Waals surface area contributed by atoms with Crippen molar-refractivity contribution in [3.8, 4) is 0 Å². The minimum absolute atomic E-state index is 0.00966. The van der Waals surface area contributed by atoms with E-state index in [4.69, 9.17) is 0 Å². The number of hydrogen-bond acceptors (Lipinski definition) is 2. The average Bonchev–Trinajstić information content (AvgIpc) is 2.26. The molecule has 0 aliphatic heterocycles. The van der Waals surface area contributed by atoms with Gasteiger partial charge in [0, 0.05) is 12.7 Å². The number of aryl methyl sites for hydroxylation is 1. The summed E-state index contributed by atoms with van der Waals surface area (Å²) in [5, 5.41) is 5.59. The smallest absolute Gasteiger partial charge is 0.239 e. The molecule has 0 bridgehead atoms. The predicted molar refractivity (Wildman–Crippen MR) is 58.4 cm³/mol. The Balaban J connectivity index is 2.47. The highest BCUT2D eigenvalue weighted by molar-refractivity contribution is 5.80. The zero-order valence-corrected chi connectivity index (χ0v) is 8.63. The van der Waals surface area contributed by atoms with Crippen LogP contribution in [0, 0.1) is 0 Å². The van der Waals surface area contributed by atoms with E-state index in [0.717, 1.165) is 12.1 Å². The van der Waals surface area contributed by atoms with Crippen LogP contribution in [0.25, 0.3) is 0 Å². The Morgan fingerprint density at radius 3 is 2.43 bits per heavy atom. The van der Waals surface area contributed by atoms with Crippen molar-refractivity contribution in [2.75, 3.05) is 18.9 Å². The van der Waals surface area contributed by atoms with Crippen molar-refractivity contribution >= 4 is 11.6 Å². The lowest BCUT2D eigenvalue weighted by molar-refractivity contribution is -0.118. The summed E-state index contributed by atoms with van der Waals surface area (Å²) in [4.78, 5) is 10.9. The molecule has 0 aliphatic carbocycles. The van der Waals surface area contributed by atoms with Crippen LogP contribution in [-0.4, -0.2) is 19.5 Å². The van der Waals surface area contributed by atoms with Gasteiger partial charge in [-0.2, -0.15) is 0 Å². The molecule has 0 saturated heterocycles. The largest absolute Gasteiger partial charge is 0.376 e. The van der Waals surface area contributed by atoms with E-state index in [-0.39, 0.29) is 5.91 Å². The van der Waals surface area contributed by atoms with Crippen LogP contribution < -0.4 is 10.6 Å². The summed E-state index contributed by atoms with van der Waals surface area (Å²) in [6.07, 6.45) is 1.04. The van der Waals surface area contributed by atoms with E-state index in [1.807, 2.05) is 12.1 Å². The lowest BCUT2D eigenvalue weighted by Crippen LogP contribution is -2.26. The van der Waals surface area contributed by atoms with Gasteiger partial charge in [-0.05, 0) is 24.1 Å². The first kappa shape index (κ1) is 10.6. The monoisotopic (exact) mass is 192 g/mol. The third kappa shape index (κ3) is 3.09. The second kappa shape index (κ2) is 5.27. The molecule has 76 valence electrons. The third-order valence-corrected chi connectivity index (χ3v) is 2.09. The fraction of sp³-hybridized carbons (Fsp3) is 0.364. The van der Waals surface area contributed by atoms with E-state index in [9.17, 15) is 4.79 Å². The van der Waals surface area contributed by atoms with E-state index in [1.165, 1.54) is 5.56 Å². The molecule has 0 spiro atoms. The summed E-state index contributed by atoms with van der Waals surface area (Å²) in [6, 6.07) is 8.10. The van der Waals surface area contributed by atoms with E-state index in [2.05, 4.69) is 29.7 Å². The van der Waals surface area contributed by atoms with Gasteiger partial charge in [0.15, 0.2) is 0 Å². The first-order valence-electron chi connectivity index (χ1n) is 4.79. The van der Waals surface area contributed by atoms with E-state index < -0.39 is 0 Å². The standard InChI is InChI=1S/C11H16N2O/c1-3-9-4-6-10(7-5-9)13-8-11(14)12-2/h4-7,13H,3,8H2,1-2H3,(H,12,14). The fourth-order valence-corrected chi connectivity index (χ4v) is 1.13. The van der Waals surface area contributed by atoms with E-state index in [0.29, 0.717) is 6.54 Å². The van der Waals surface area contributed by atoms with Crippen LogP contribution in [0.5, 0.6) is 0 Å². The van der Waals surface area contributed by atoms with Crippen molar-refractivity contribution in [3.63, 3.8) is 0 Å². The molecule has 3 heteroatoms. The zero-order valence-electron chi connectivity index (χ0n) is 8.63. The number of carbonyl (C=O) groups is 1. The molecule has 0 atom stereocenters. The SMILES string of the molecule is CCc1ccc(NCC(=O)NC)cc1. The van der Waals surface area contributed by atoms with Gasteiger partial charge in [-0.15, -0.1) is 0 Å². The summed E-state index contributed by atoms with van der Waals surface area (Å²) in [7, 11) is 1.63. The Hall–Kier alpha value is -1.51. The molecule has 0 heterocycles. The van der Waals surface area contributed by atoms with Gasteiger partial charge in [0.1, 0.15) is 0 Å². The molecule has 1 aromatic carbocycles. The minimum Gasteiger partial charge on any atom is -0.376 e. The highest BCUT2D eigenvalue weighted by atomic mass is 16.1. The molecule has 1 amide bonds. The van der Waals surface area contributed by atoms with E-state index in [1.54, 1.807) is 7.05 Å². The van der Waals surface area contributed by atoms with Crippen molar-refractivity contribution in [1.82, 2.24) is 5.32 Å². The fourth-order valence-electron chi connectivity index (χ4n) is 1.13. The Morgan fingerprint density at radius 2 is 1.93 bits per heavy atom. The van der Waals surface area contributed by atoms with Crippen molar-refractivity contribution in [2.24, 2.45) is 0 Å². The zero-order chi connectivity index (χ0) is 10.4. The molecule has 0 unspecified atom stereocenters. The second-order valence-corrected chi connectivity index (χ2v) is 3.08. The topological polar surface area (TPSA) is 41.1 Å². The predicted octanol–water partition coefficient (Wildman–Crippen LogP) is 1.41. The molecule has 0 radical (unpaired) electrons. The average molecular weight is 192 g/mol. The molecule has 0 aliphatic rings. The Kier molecular flexibility index (Phi) is 3.98.